The average Bonchev–Trinajstić information content (AvgIpc) is 3.43. The second-order valence-corrected chi connectivity index (χ2v) is 8.47. The molecule has 0 aliphatic carbocycles. The van der Waals surface area contributed by atoms with E-state index >= 15 is 0 Å². The molecule has 3 heterocycles. The predicted octanol–water partition coefficient (Wildman–Crippen LogP) is 1.33. The van der Waals surface area contributed by atoms with E-state index in [1.807, 2.05) is 0 Å². The SMILES string of the molecule is CCOC(=O)c1ccc(S(=O)(=O)N2CCN(C(=O)c3ccc4c(c3)OCO4)CC2)o1. The van der Waals surface area contributed by atoms with E-state index in [1.165, 1.54) is 16.4 Å². The fourth-order valence-electron chi connectivity index (χ4n) is 3.24. The molecule has 0 atom stereocenters. The average molecular weight is 436 g/mol. The van der Waals surface area contributed by atoms with Crippen molar-refractivity contribution in [3.05, 3.63) is 41.7 Å². The molecule has 11 heteroatoms. The van der Waals surface area contributed by atoms with E-state index in [9.17, 15) is 18.0 Å². The van der Waals surface area contributed by atoms with Crippen molar-refractivity contribution in [2.75, 3.05) is 39.6 Å². The molecule has 2 aliphatic rings. The molecule has 1 saturated heterocycles. The Morgan fingerprint density at radius 3 is 2.50 bits per heavy atom. The minimum atomic E-state index is -3.93. The smallest absolute Gasteiger partial charge is 0.374 e. The van der Waals surface area contributed by atoms with E-state index in [0.717, 1.165) is 0 Å². The molecule has 0 spiro atoms. The predicted molar refractivity (Wildman–Crippen MR) is 102 cm³/mol. The van der Waals surface area contributed by atoms with Crippen molar-refractivity contribution < 1.29 is 36.6 Å². The number of benzene rings is 1. The van der Waals surface area contributed by atoms with Crippen LogP contribution < -0.4 is 9.47 Å². The van der Waals surface area contributed by atoms with Gasteiger partial charge in [0, 0.05) is 31.7 Å². The van der Waals surface area contributed by atoms with E-state index in [4.69, 9.17) is 18.6 Å². The molecule has 0 radical (unpaired) electrons. The third kappa shape index (κ3) is 3.73. The first-order valence-corrected chi connectivity index (χ1v) is 10.8. The summed E-state index contributed by atoms with van der Waals surface area (Å²) in [4.78, 5) is 26.0. The first-order valence-electron chi connectivity index (χ1n) is 9.36. The van der Waals surface area contributed by atoms with Crippen LogP contribution in [0.4, 0.5) is 0 Å². The quantitative estimate of drug-likeness (QED) is 0.645. The molecule has 0 N–H and O–H groups in total. The third-order valence-electron chi connectivity index (χ3n) is 4.80. The number of nitrogens with zero attached hydrogens (tertiary/aromatic N) is 2. The van der Waals surface area contributed by atoms with Gasteiger partial charge in [-0.15, -0.1) is 0 Å². The van der Waals surface area contributed by atoms with Gasteiger partial charge < -0.3 is 23.5 Å². The van der Waals surface area contributed by atoms with Crippen LogP contribution in [0, 0.1) is 0 Å². The molecular formula is C19H20N2O8S. The Kier molecular flexibility index (Phi) is 5.39. The normalized spacial score (nSPS) is 16.5. The maximum atomic E-state index is 12.8. The molecule has 1 fully saturated rings. The number of carbonyl (C=O) groups excluding carboxylic acids is 2. The number of esters is 1. The molecule has 1 aromatic heterocycles. The lowest BCUT2D eigenvalue weighted by atomic mass is 10.1. The van der Waals surface area contributed by atoms with Crippen LogP contribution in [0.2, 0.25) is 0 Å². The molecule has 4 rings (SSSR count). The maximum Gasteiger partial charge on any atom is 0.374 e. The molecular weight excluding hydrogens is 416 g/mol. The van der Waals surface area contributed by atoms with E-state index in [-0.39, 0.29) is 56.3 Å². The molecule has 160 valence electrons. The van der Waals surface area contributed by atoms with Gasteiger partial charge in [0.15, 0.2) is 11.5 Å². The summed E-state index contributed by atoms with van der Waals surface area (Å²) in [7, 11) is -3.93. The zero-order valence-corrected chi connectivity index (χ0v) is 17.0. The summed E-state index contributed by atoms with van der Waals surface area (Å²) in [5.41, 5.74) is 0.445. The van der Waals surface area contributed by atoms with Crippen LogP contribution in [0.1, 0.15) is 27.8 Å². The summed E-state index contributed by atoms with van der Waals surface area (Å²) in [6.07, 6.45) is 0. The number of sulfonamides is 1. The lowest BCUT2D eigenvalue weighted by Gasteiger charge is -2.33. The van der Waals surface area contributed by atoms with Crippen molar-refractivity contribution in [2.24, 2.45) is 0 Å². The van der Waals surface area contributed by atoms with Crippen molar-refractivity contribution in [2.45, 2.75) is 12.0 Å². The summed E-state index contributed by atoms with van der Waals surface area (Å²) in [5, 5.41) is -0.332. The largest absolute Gasteiger partial charge is 0.460 e. The van der Waals surface area contributed by atoms with Crippen molar-refractivity contribution in [3.63, 3.8) is 0 Å². The number of amides is 1. The molecule has 2 aliphatic heterocycles. The van der Waals surface area contributed by atoms with Crippen LogP contribution >= 0.6 is 0 Å². The van der Waals surface area contributed by atoms with Gasteiger partial charge in [0.2, 0.25) is 17.6 Å². The molecule has 0 unspecified atom stereocenters. The first-order chi connectivity index (χ1) is 14.4. The Morgan fingerprint density at radius 2 is 1.77 bits per heavy atom. The fraction of sp³-hybridized carbons (Fsp3) is 0.368. The highest BCUT2D eigenvalue weighted by molar-refractivity contribution is 7.89. The number of furan rings is 1. The monoisotopic (exact) mass is 436 g/mol. The van der Waals surface area contributed by atoms with Gasteiger partial charge in [0.05, 0.1) is 6.61 Å². The summed E-state index contributed by atoms with van der Waals surface area (Å²) >= 11 is 0. The Morgan fingerprint density at radius 1 is 1.03 bits per heavy atom. The first kappa shape index (κ1) is 20.2. The van der Waals surface area contributed by atoms with Gasteiger partial charge in [0.1, 0.15) is 0 Å². The van der Waals surface area contributed by atoms with Gasteiger partial charge in [-0.1, -0.05) is 0 Å². The van der Waals surface area contributed by atoms with Gasteiger partial charge in [-0.05, 0) is 37.3 Å². The molecule has 2 aromatic rings. The Labute approximate surface area is 172 Å². The highest BCUT2D eigenvalue weighted by atomic mass is 32.2. The second kappa shape index (κ2) is 8.00. The number of fused-ring (bicyclic) bond motifs is 1. The van der Waals surface area contributed by atoms with Gasteiger partial charge in [-0.25, -0.2) is 13.2 Å². The number of hydrogen-bond donors (Lipinski definition) is 0. The Balaban J connectivity index is 1.41. The van der Waals surface area contributed by atoms with Crippen molar-refractivity contribution in [1.82, 2.24) is 9.21 Å². The zero-order chi connectivity index (χ0) is 21.3. The lowest BCUT2D eigenvalue weighted by Crippen LogP contribution is -2.50. The van der Waals surface area contributed by atoms with Crippen LogP contribution in [0.3, 0.4) is 0 Å². The van der Waals surface area contributed by atoms with Crippen molar-refractivity contribution in [3.8, 4) is 11.5 Å². The van der Waals surface area contributed by atoms with Gasteiger partial charge in [-0.2, -0.15) is 4.31 Å². The Bertz CT molecular complexity index is 1070. The fourth-order valence-corrected chi connectivity index (χ4v) is 4.58. The van der Waals surface area contributed by atoms with Gasteiger partial charge >= 0.3 is 5.97 Å². The number of carbonyl (C=O) groups is 2. The number of hydrogen-bond acceptors (Lipinski definition) is 8. The molecule has 1 amide bonds. The minimum absolute atomic E-state index is 0.105. The van der Waals surface area contributed by atoms with E-state index in [1.54, 1.807) is 30.0 Å². The van der Waals surface area contributed by atoms with E-state index < -0.39 is 16.0 Å². The summed E-state index contributed by atoms with van der Waals surface area (Å²) in [5.74, 6) is -0.0153. The highest BCUT2D eigenvalue weighted by Gasteiger charge is 2.33. The van der Waals surface area contributed by atoms with Crippen LogP contribution in [-0.4, -0.2) is 69.1 Å². The molecule has 30 heavy (non-hydrogen) atoms. The number of ether oxygens (including phenoxy) is 3. The summed E-state index contributed by atoms with van der Waals surface area (Å²) < 4.78 is 47.4. The van der Waals surface area contributed by atoms with Crippen LogP contribution in [0.15, 0.2) is 39.8 Å². The van der Waals surface area contributed by atoms with E-state index in [0.29, 0.717) is 17.1 Å². The van der Waals surface area contributed by atoms with Gasteiger partial charge in [-0.3, -0.25) is 4.79 Å². The summed E-state index contributed by atoms with van der Waals surface area (Å²) in [6.45, 7) is 2.57. The molecule has 0 bridgehead atoms. The van der Waals surface area contributed by atoms with E-state index in [2.05, 4.69) is 0 Å². The van der Waals surface area contributed by atoms with Crippen molar-refractivity contribution in [1.29, 1.82) is 0 Å². The minimum Gasteiger partial charge on any atom is -0.460 e. The number of piperazine rings is 1. The highest BCUT2D eigenvalue weighted by Crippen LogP contribution is 2.33. The maximum absolute atomic E-state index is 12.8. The standard InChI is InChI=1S/C19H20N2O8S/c1-2-26-19(23)15-5-6-17(29-15)30(24,25)21-9-7-20(8-10-21)18(22)13-3-4-14-16(11-13)28-12-27-14/h3-6,11H,2,7-10,12H2,1H3. The van der Waals surface area contributed by atoms with Crippen LogP contribution in [0.25, 0.3) is 0 Å². The van der Waals surface area contributed by atoms with Gasteiger partial charge in [0.25, 0.3) is 15.9 Å². The second-order valence-electron chi connectivity index (χ2n) is 6.60. The summed E-state index contributed by atoms with van der Waals surface area (Å²) in [6, 6.07) is 7.44. The zero-order valence-electron chi connectivity index (χ0n) is 16.2. The molecule has 0 saturated carbocycles. The molecule has 10 nitrogen and oxygen atoms in total. The lowest BCUT2D eigenvalue weighted by molar-refractivity contribution is 0.0483. The third-order valence-corrected chi connectivity index (χ3v) is 6.57. The van der Waals surface area contributed by atoms with Crippen molar-refractivity contribution >= 4 is 21.9 Å². The van der Waals surface area contributed by atoms with Crippen LogP contribution in [0.5, 0.6) is 11.5 Å². The topological polar surface area (TPSA) is 116 Å². The Hall–Kier alpha value is -3.05. The molecule has 1 aromatic carbocycles. The number of rotatable bonds is 5. The van der Waals surface area contributed by atoms with Crippen LogP contribution in [-0.2, 0) is 14.8 Å².